The van der Waals surface area contributed by atoms with Crippen molar-refractivity contribution in [1.29, 1.82) is 0 Å². The number of para-hydroxylation sites is 1. The summed E-state index contributed by atoms with van der Waals surface area (Å²) in [5, 5.41) is 3.47. The third kappa shape index (κ3) is 3.02. The molecule has 0 bridgehead atoms. The maximum absolute atomic E-state index is 13.8. The number of fused-ring (bicyclic) bond motifs is 3. The van der Waals surface area contributed by atoms with E-state index in [2.05, 4.69) is 17.4 Å². The maximum Gasteiger partial charge on any atom is 0.212 e. The number of aromatic nitrogens is 2. The highest BCUT2D eigenvalue weighted by atomic mass is 32.2. The fraction of sp³-hybridized carbons (Fsp3) is 0. The van der Waals surface area contributed by atoms with Crippen LogP contribution in [0.2, 0.25) is 0 Å². The van der Waals surface area contributed by atoms with Crippen molar-refractivity contribution in [3.63, 3.8) is 0 Å². The van der Waals surface area contributed by atoms with E-state index in [4.69, 9.17) is 4.98 Å². The lowest BCUT2D eigenvalue weighted by molar-refractivity contribution is 0.103. The molecule has 1 aliphatic rings. The van der Waals surface area contributed by atoms with Gasteiger partial charge in [-0.25, -0.2) is 4.98 Å². The van der Waals surface area contributed by atoms with E-state index >= 15 is 0 Å². The van der Waals surface area contributed by atoms with Crippen LogP contribution in [0.25, 0.3) is 16.9 Å². The van der Waals surface area contributed by atoms with Crippen LogP contribution in [0.5, 0.6) is 0 Å². The Bertz CT molecular complexity index is 1460. The van der Waals surface area contributed by atoms with Crippen molar-refractivity contribution in [2.75, 3.05) is 5.32 Å². The van der Waals surface area contributed by atoms with Crippen LogP contribution in [0.1, 0.15) is 16.1 Å². The Morgan fingerprint density at radius 3 is 2.48 bits per heavy atom. The molecule has 148 valence electrons. The van der Waals surface area contributed by atoms with Crippen molar-refractivity contribution in [2.45, 2.75) is 9.79 Å². The summed E-state index contributed by atoms with van der Waals surface area (Å²) < 4.78 is 1.88. The van der Waals surface area contributed by atoms with E-state index in [1.807, 2.05) is 89.5 Å². The van der Waals surface area contributed by atoms with Gasteiger partial charge in [0, 0.05) is 27.1 Å². The normalized spacial score (nSPS) is 12.1. The van der Waals surface area contributed by atoms with Crippen LogP contribution < -0.4 is 5.32 Å². The molecule has 3 aromatic carbocycles. The predicted molar refractivity (Wildman–Crippen MR) is 124 cm³/mol. The number of carbonyl (C=O) groups is 1. The molecule has 0 fully saturated rings. The molecular formula is C26H17N3OS. The van der Waals surface area contributed by atoms with Gasteiger partial charge in [0.05, 0.1) is 11.4 Å². The van der Waals surface area contributed by atoms with Gasteiger partial charge in [0.1, 0.15) is 17.0 Å². The average Bonchev–Trinajstić information content (AvgIpc) is 3.22. The summed E-state index contributed by atoms with van der Waals surface area (Å²) in [7, 11) is 0. The van der Waals surface area contributed by atoms with Crippen LogP contribution >= 0.6 is 11.8 Å². The van der Waals surface area contributed by atoms with Gasteiger partial charge in [0.25, 0.3) is 0 Å². The predicted octanol–water partition coefficient (Wildman–Crippen LogP) is 6.44. The molecule has 31 heavy (non-hydrogen) atoms. The molecule has 1 aliphatic heterocycles. The smallest absolute Gasteiger partial charge is 0.212 e. The number of imidazole rings is 1. The highest BCUT2D eigenvalue weighted by Gasteiger charge is 2.23. The number of ketones is 1. The highest BCUT2D eigenvalue weighted by molar-refractivity contribution is 7.99. The lowest BCUT2D eigenvalue weighted by Crippen LogP contribution is -2.08. The second kappa shape index (κ2) is 7.15. The minimum absolute atomic E-state index is 0.0500. The van der Waals surface area contributed by atoms with Crippen molar-refractivity contribution >= 4 is 34.6 Å². The van der Waals surface area contributed by atoms with Crippen LogP contribution in [-0.2, 0) is 0 Å². The molecule has 5 heteroatoms. The van der Waals surface area contributed by atoms with Crippen LogP contribution in [0.4, 0.5) is 11.4 Å². The number of nitrogens with one attached hydrogen (secondary N) is 1. The van der Waals surface area contributed by atoms with Crippen molar-refractivity contribution in [3.8, 4) is 11.3 Å². The maximum atomic E-state index is 13.8. The molecule has 0 unspecified atom stereocenters. The Kier molecular flexibility index (Phi) is 4.14. The molecule has 4 nitrogen and oxygen atoms in total. The van der Waals surface area contributed by atoms with Gasteiger partial charge in [-0.3, -0.25) is 9.20 Å². The fourth-order valence-electron chi connectivity index (χ4n) is 3.93. The van der Waals surface area contributed by atoms with Crippen LogP contribution in [-0.4, -0.2) is 15.2 Å². The zero-order chi connectivity index (χ0) is 20.8. The first kappa shape index (κ1) is 18.0. The Morgan fingerprint density at radius 1 is 0.806 bits per heavy atom. The van der Waals surface area contributed by atoms with E-state index in [1.54, 1.807) is 11.8 Å². The number of nitrogens with zero attached hydrogens (tertiary/aromatic N) is 2. The lowest BCUT2D eigenvalue weighted by atomic mass is 10.0. The largest absolute Gasteiger partial charge is 0.354 e. The molecule has 5 aromatic rings. The van der Waals surface area contributed by atoms with Gasteiger partial charge >= 0.3 is 0 Å². The number of pyridine rings is 1. The van der Waals surface area contributed by atoms with Crippen molar-refractivity contribution < 1.29 is 4.79 Å². The summed E-state index contributed by atoms with van der Waals surface area (Å²) in [5.41, 5.74) is 5.59. The summed E-state index contributed by atoms with van der Waals surface area (Å²) in [6.45, 7) is 0. The lowest BCUT2D eigenvalue weighted by Gasteiger charge is -2.21. The van der Waals surface area contributed by atoms with Gasteiger partial charge < -0.3 is 5.32 Å². The van der Waals surface area contributed by atoms with Gasteiger partial charge in [0.2, 0.25) is 5.78 Å². The minimum Gasteiger partial charge on any atom is -0.354 e. The molecule has 6 rings (SSSR count). The molecule has 0 radical (unpaired) electrons. The molecule has 0 saturated heterocycles. The van der Waals surface area contributed by atoms with Gasteiger partial charge in [-0.2, -0.15) is 0 Å². The zero-order valence-corrected chi connectivity index (χ0v) is 17.3. The molecule has 0 amide bonds. The topological polar surface area (TPSA) is 46.4 Å². The van der Waals surface area contributed by atoms with Crippen molar-refractivity contribution in [1.82, 2.24) is 9.38 Å². The van der Waals surface area contributed by atoms with Crippen LogP contribution in [0, 0.1) is 0 Å². The minimum atomic E-state index is -0.0500. The average molecular weight is 420 g/mol. The summed E-state index contributed by atoms with van der Waals surface area (Å²) in [6.07, 6.45) is 1.89. The van der Waals surface area contributed by atoms with Gasteiger partial charge in [0.15, 0.2) is 0 Å². The van der Waals surface area contributed by atoms with E-state index in [0.29, 0.717) is 17.0 Å². The summed E-state index contributed by atoms with van der Waals surface area (Å²) in [5.74, 6) is -0.0500. The summed E-state index contributed by atoms with van der Waals surface area (Å²) in [6, 6.07) is 29.7. The number of rotatable bonds is 3. The molecule has 2 aromatic heterocycles. The Hall–Kier alpha value is -3.83. The molecule has 3 heterocycles. The van der Waals surface area contributed by atoms with Gasteiger partial charge in [-0.15, -0.1) is 0 Å². The summed E-state index contributed by atoms with van der Waals surface area (Å²) in [4.78, 5) is 20.8. The Labute approximate surface area is 183 Å². The van der Waals surface area contributed by atoms with Crippen LogP contribution in [0.3, 0.4) is 0 Å². The second-order valence-corrected chi connectivity index (χ2v) is 8.45. The number of hydrogen-bond acceptors (Lipinski definition) is 4. The molecule has 0 spiro atoms. The van der Waals surface area contributed by atoms with Crippen molar-refractivity contribution in [3.05, 3.63) is 108 Å². The molecule has 0 saturated carbocycles. The summed E-state index contributed by atoms with van der Waals surface area (Å²) >= 11 is 1.71. The zero-order valence-electron chi connectivity index (χ0n) is 16.4. The number of anilines is 2. The standard InChI is InChI=1S/C26H17N3OS/c30-26(18-13-14-22-20(16-18)27-19-10-4-5-11-21(19)31-22)25-24(17-8-2-1-3-9-17)28-23-12-6-7-15-29(23)25/h1-16,27H. The number of carbonyl (C=O) groups excluding carboxylic acids is 1. The highest BCUT2D eigenvalue weighted by Crippen LogP contribution is 2.44. The van der Waals surface area contributed by atoms with Gasteiger partial charge in [-0.1, -0.05) is 60.3 Å². The van der Waals surface area contributed by atoms with Gasteiger partial charge in [-0.05, 0) is 42.5 Å². The number of hydrogen-bond donors (Lipinski definition) is 1. The van der Waals surface area contributed by atoms with Crippen molar-refractivity contribution in [2.24, 2.45) is 0 Å². The second-order valence-electron chi connectivity index (χ2n) is 7.37. The van der Waals surface area contributed by atoms with E-state index < -0.39 is 0 Å². The quantitative estimate of drug-likeness (QED) is 0.335. The van der Waals surface area contributed by atoms with E-state index in [-0.39, 0.29) is 5.78 Å². The number of benzene rings is 3. The molecular weight excluding hydrogens is 402 g/mol. The molecule has 0 aliphatic carbocycles. The fourth-order valence-corrected chi connectivity index (χ4v) is 4.90. The molecule has 1 N–H and O–H groups in total. The van der Waals surface area contributed by atoms with E-state index in [0.717, 1.165) is 27.5 Å². The molecule has 0 atom stereocenters. The van der Waals surface area contributed by atoms with Crippen LogP contribution in [0.15, 0.2) is 107 Å². The first-order chi connectivity index (χ1) is 15.3. The monoisotopic (exact) mass is 419 g/mol. The Balaban J connectivity index is 1.47. The Morgan fingerprint density at radius 2 is 1.58 bits per heavy atom. The first-order valence-corrected chi connectivity index (χ1v) is 10.8. The third-order valence-corrected chi connectivity index (χ3v) is 6.56. The third-order valence-electron chi connectivity index (χ3n) is 5.41. The van der Waals surface area contributed by atoms with E-state index in [1.165, 1.54) is 4.90 Å². The SMILES string of the molecule is O=C(c1ccc2c(c1)Nc1ccccc1S2)c1c(-c2ccccc2)nc2ccccn12. The van der Waals surface area contributed by atoms with E-state index in [9.17, 15) is 4.79 Å². The first-order valence-electron chi connectivity index (χ1n) is 10.0.